The molecule has 12 heteroatoms. The summed E-state index contributed by atoms with van der Waals surface area (Å²) in [5, 5.41) is 8.74. The molecule has 0 bridgehead atoms. The van der Waals surface area contributed by atoms with Crippen molar-refractivity contribution in [1.82, 2.24) is 25.1 Å². The molecular formula is C17H18Cl2N8OS. The molecule has 1 saturated heterocycles. The molecule has 3 aromatic heterocycles. The molecule has 4 rings (SSSR count). The first kappa shape index (κ1) is 20.1. The molecule has 4 N–H and O–H groups in total. The van der Waals surface area contributed by atoms with E-state index in [-0.39, 0.29) is 22.4 Å². The SMILES string of the molecule is CC1(N)CCN(c2nc(N)c(Sc3ccnc(Cl)c3Cl)nc2-c2nnco2)CC1. The average Bonchev–Trinajstić information content (AvgIpc) is 3.21. The minimum absolute atomic E-state index is 0.201. The third kappa shape index (κ3) is 4.25. The van der Waals surface area contributed by atoms with Crippen LogP contribution in [0, 0.1) is 0 Å². The van der Waals surface area contributed by atoms with Gasteiger partial charge in [-0.05, 0) is 25.8 Å². The zero-order chi connectivity index (χ0) is 20.6. The Morgan fingerprint density at radius 3 is 2.69 bits per heavy atom. The van der Waals surface area contributed by atoms with Crippen molar-refractivity contribution >= 4 is 46.6 Å². The number of nitrogen functional groups attached to an aromatic ring is 1. The summed E-state index contributed by atoms with van der Waals surface area (Å²) in [5.41, 5.74) is 12.7. The normalized spacial score (nSPS) is 16.2. The van der Waals surface area contributed by atoms with Crippen molar-refractivity contribution in [2.75, 3.05) is 23.7 Å². The van der Waals surface area contributed by atoms with Gasteiger partial charge in [0, 0.05) is 29.7 Å². The van der Waals surface area contributed by atoms with Crippen LogP contribution in [-0.2, 0) is 0 Å². The van der Waals surface area contributed by atoms with Crippen molar-refractivity contribution < 1.29 is 4.42 Å². The Labute approximate surface area is 181 Å². The van der Waals surface area contributed by atoms with E-state index in [0.717, 1.165) is 25.9 Å². The van der Waals surface area contributed by atoms with Gasteiger partial charge in [0.25, 0.3) is 5.89 Å². The highest BCUT2D eigenvalue weighted by molar-refractivity contribution is 7.99. The van der Waals surface area contributed by atoms with Gasteiger partial charge in [-0.15, -0.1) is 10.2 Å². The van der Waals surface area contributed by atoms with Crippen LogP contribution in [0.3, 0.4) is 0 Å². The number of hydrogen-bond acceptors (Lipinski definition) is 10. The molecule has 0 unspecified atom stereocenters. The number of nitrogens with zero attached hydrogens (tertiary/aromatic N) is 6. The van der Waals surface area contributed by atoms with Crippen molar-refractivity contribution in [3.8, 4) is 11.6 Å². The maximum atomic E-state index is 6.26. The lowest BCUT2D eigenvalue weighted by molar-refractivity contribution is 0.363. The Bertz CT molecular complexity index is 1020. The molecule has 29 heavy (non-hydrogen) atoms. The fourth-order valence-corrected chi connectivity index (χ4v) is 4.21. The third-order valence-electron chi connectivity index (χ3n) is 4.66. The Kier molecular flexibility index (Phi) is 5.52. The summed E-state index contributed by atoms with van der Waals surface area (Å²) in [6, 6.07) is 1.73. The van der Waals surface area contributed by atoms with E-state index < -0.39 is 0 Å². The van der Waals surface area contributed by atoms with Crippen molar-refractivity contribution in [3.05, 3.63) is 28.8 Å². The second kappa shape index (κ2) is 7.94. The topological polar surface area (TPSA) is 133 Å². The number of nitrogens with two attached hydrogens (primary N) is 2. The molecule has 0 radical (unpaired) electrons. The molecule has 0 atom stereocenters. The molecule has 9 nitrogen and oxygen atoms in total. The number of aromatic nitrogens is 5. The molecule has 4 heterocycles. The maximum Gasteiger partial charge on any atom is 0.269 e. The first-order chi connectivity index (χ1) is 13.8. The van der Waals surface area contributed by atoms with Gasteiger partial charge in [-0.1, -0.05) is 35.0 Å². The molecule has 0 amide bonds. The van der Waals surface area contributed by atoms with Crippen molar-refractivity contribution in [2.24, 2.45) is 5.73 Å². The first-order valence-corrected chi connectivity index (χ1v) is 10.4. The van der Waals surface area contributed by atoms with Crippen molar-refractivity contribution in [1.29, 1.82) is 0 Å². The summed E-state index contributed by atoms with van der Waals surface area (Å²) >= 11 is 13.5. The Morgan fingerprint density at radius 2 is 2.00 bits per heavy atom. The largest absolute Gasteiger partial charge is 0.422 e. The number of rotatable bonds is 4. The summed E-state index contributed by atoms with van der Waals surface area (Å²) in [7, 11) is 0. The quantitative estimate of drug-likeness (QED) is 0.567. The van der Waals surface area contributed by atoms with Gasteiger partial charge in [0.05, 0.1) is 5.02 Å². The van der Waals surface area contributed by atoms with E-state index in [4.69, 9.17) is 39.1 Å². The van der Waals surface area contributed by atoms with E-state index in [1.165, 1.54) is 18.2 Å². The highest BCUT2D eigenvalue weighted by atomic mass is 35.5. The second-order valence-electron chi connectivity index (χ2n) is 6.99. The molecule has 1 fully saturated rings. The predicted octanol–water partition coefficient (Wildman–Crippen LogP) is 3.28. The number of anilines is 2. The number of halogens is 2. The molecule has 152 valence electrons. The molecule has 0 aromatic carbocycles. The Balaban J connectivity index is 1.74. The predicted molar refractivity (Wildman–Crippen MR) is 112 cm³/mol. The van der Waals surface area contributed by atoms with Crippen LogP contribution < -0.4 is 16.4 Å². The van der Waals surface area contributed by atoms with Gasteiger partial charge >= 0.3 is 0 Å². The minimum atomic E-state index is -0.201. The first-order valence-electron chi connectivity index (χ1n) is 8.80. The van der Waals surface area contributed by atoms with Gasteiger partial charge < -0.3 is 20.8 Å². The molecule has 3 aromatic rings. The zero-order valence-electron chi connectivity index (χ0n) is 15.5. The summed E-state index contributed by atoms with van der Waals surface area (Å²) in [6.45, 7) is 3.49. The summed E-state index contributed by atoms with van der Waals surface area (Å²) in [4.78, 5) is 16.0. The van der Waals surface area contributed by atoms with Crippen LogP contribution in [0.4, 0.5) is 11.6 Å². The van der Waals surface area contributed by atoms with Crippen LogP contribution in [0.25, 0.3) is 11.6 Å². The van der Waals surface area contributed by atoms with E-state index in [1.54, 1.807) is 12.3 Å². The van der Waals surface area contributed by atoms with Gasteiger partial charge in [0.2, 0.25) is 6.39 Å². The van der Waals surface area contributed by atoms with Gasteiger partial charge in [-0.25, -0.2) is 15.0 Å². The summed E-state index contributed by atoms with van der Waals surface area (Å²) in [5.74, 6) is 1.11. The van der Waals surface area contributed by atoms with E-state index in [1.807, 2.05) is 6.92 Å². The van der Waals surface area contributed by atoms with Gasteiger partial charge in [0.15, 0.2) is 17.3 Å². The highest BCUT2D eigenvalue weighted by Gasteiger charge is 2.30. The van der Waals surface area contributed by atoms with E-state index in [2.05, 4.69) is 30.0 Å². The second-order valence-corrected chi connectivity index (χ2v) is 8.75. The highest BCUT2D eigenvalue weighted by Crippen LogP contribution is 2.40. The monoisotopic (exact) mass is 452 g/mol. The Morgan fingerprint density at radius 1 is 1.24 bits per heavy atom. The molecule has 0 aliphatic carbocycles. The van der Waals surface area contributed by atoms with Gasteiger partial charge in [-0.3, -0.25) is 0 Å². The maximum absolute atomic E-state index is 6.26. The van der Waals surface area contributed by atoms with Crippen LogP contribution in [-0.4, -0.2) is 43.8 Å². The Hall–Kier alpha value is -2.14. The van der Waals surface area contributed by atoms with E-state index in [9.17, 15) is 0 Å². The van der Waals surface area contributed by atoms with Crippen LogP contribution in [0.1, 0.15) is 19.8 Å². The minimum Gasteiger partial charge on any atom is -0.422 e. The van der Waals surface area contributed by atoms with E-state index >= 15 is 0 Å². The average molecular weight is 453 g/mol. The van der Waals surface area contributed by atoms with Crippen molar-refractivity contribution in [3.63, 3.8) is 0 Å². The third-order valence-corrected chi connectivity index (χ3v) is 6.59. The van der Waals surface area contributed by atoms with E-state index in [0.29, 0.717) is 26.5 Å². The lowest BCUT2D eigenvalue weighted by Crippen LogP contribution is -2.48. The van der Waals surface area contributed by atoms with Gasteiger partial charge in [-0.2, -0.15) is 0 Å². The zero-order valence-corrected chi connectivity index (χ0v) is 17.8. The lowest BCUT2D eigenvalue weighted by Gasteiger charge is -2.37. The standard InChI is InChI=1S/C17H18Cl2N8OS/c1-17(21)3-6-27(7-4-17)14-11(15-26-23-8-28-15)24-16(13(20)25-14)29-9-2-5-22-12(19)10(9)18/h2,5,8H,3-4,6-7,21H2,1H3,(H2,20,25). The number of hydrogen-bond donors (Lipinski definition) is 2. The lowest BCUT2D eigenvalue weighted by atomic mass is 9.91. The smallest absolute Gasteiger partial charge is 0.269 e. The van der Waals surface area contributed by atoms with Crippen LogP contribution in [0.2, 0.25) is 10.2 Å². The van der Waals surface area contributed by atoms with Gasteiger partial charge in [0.1, 0.15) is 10.2 Å². The fraction of sp³-hybridized carbons (Fsp3) is 0.353. The molecule has 1 aliphatic rings. The number of piperidine rings is 1. The van der Waals surface area contributed by atoms with Crippen LogP contribution in [0.15, 0.2) is 33.0 Å². The van der Waals surface area contributed by atoms with Crippen molar-refractivity contribution in [2.45, 2.75) is 35.2 Å². The summed E-state index contributed by atoms with van der Waals surface area (Å²) < 4.78 is 5.40. The molecular weight excluding hydrogens is 435 g/mol. The number of pyridine rings is 1. The molecule has 0 spiro atoms. The molecule has 1 aliphatic heterocycles. The fourth-order valence-electron chi connectivity index (χ4n) is 2.95. The summed E-state index contributed by atoms with van der Waals surface area (Å²) in [6.07, 6.45) is 4.45. The van der Waals surface area contributed by atoms with Crippen LogP contribution in [0.5, 0.6) is 0 Å². The van der Waals surface area contributed by atoms with Crippen LogP contribution >= 0.6 is 35.0 Å². The molecule has 0 saturated carbocycles.